The number of fused-ring (bicyclic) bond motifs is 2. The maximum Gasteiger partial charge on any atom is 0.227 e. The predicted molar refractivity (Wildman–Crippen MR) is 75.3 cm³/mol. The quantitative estimate of drug-likeness (QED) is 0.566. The highest BCUT2D eigenvalue weighted by atomic mass is 16.4. The Morgan fingerprint density at radius 1 is 1.26 bits per heavy atom. The first kappa shape index (κ1) is 14.4. The van der Waals surface area contributed by atoms with Crippen LogP contribution < -0.4 is 5.32 Å². The van der Waals surface area contributed by atoms with Crippen molar-refractivity contribution >= 4 is 11.6 Å². The van der Waals surface area contributed by atoms with Crippen LogP contribution in [-0.2, 0) is 4.79 Å². The van der Waals surface area contributed by atoms with Crippen molar-refractivity contribution in [2.45, 2.75) is 66.3 Å². The SMILES string of the molecule is CC(C)(C)NC(=O)C12CCC(C)(C(=NO)C1)C2(C)C. The summed E-state index contributed by atoms with van der Waals surface area (Å²) in [5, 5.41) is 15.9. The number of amides is 1. The molecule has 0 heterocycles. The highest BCUT2D eigenvalue weighted by molar-refractivity contribution is 6.02. The van der Waals surface area contributed by atoms with Crippen molar-refractivity contribution in [1.82, 2.24) is 5.32 Å². The van der Waals surface area contributed by atoms with Crippen molar-refractivity contribution in [3.05, 3.63) is 0 Å². The van der Waals surface area contributed by atoms with Crippen molar-refractivity contribution in [1.29, 1.82) is 0 Å². The Morgan fingerprint density at radius 2 is 1.84 bits per heavy atom. The average molecular weight is 266 g/mol. The van der Waals surface area contributed by atoms with Crippen molar-refractivity contribution in [3.63, 3.8) is 0 Å². The fraction of sp³-hybridized carbons (Fsp3) is 0.867. The lowest BCUT2D eigenvalue weighted by molar-refractivity contribution is -0.137. The fourth-order valence-electron chi connectivity index (χ4n) is 4.00. The van der Waals surface area contributed by atoms with Crippen LogP contribution in [0, 0.1) is 16.2 Å². The molecule has 0 aromatic heterocycles. The Bertz CT molecular complexity index is 448. The van der Waals surface area contributed by atoms with Gasteiger partial charge >= 0.3 is 0 Å². The second-order valence-corrected chi connectivity index (χ2v) is 7.97. The molecule has 19 heavy (non-hydrogen) atoms. The van der Waals surface area contributed by atoms with Gasteiger partial charge in [-0.1, -0.05) is 25.9 Å². The lowest BCUT2D eigenvalue weighted by atomic mass is 9.64. The fourth-order valence-corrected chi connectivity index (χ4v) is 4.00. The predicted octanol–water partition coefficient (Wildman–Crippen LogP) is 2.95. The molecule has 0 radical (unpaired) electrons. The lowest BCUT2D eigenvalue weighted by Gasteiger charge is -2.40. The van der Waals surface area contributed by atoms with E-state index < -0.39 is 5.41 Å². The van der Waals surface area contributed by atoms with E-state index in [1.807, 2.05) is 20.8 Å². The van der Waals surface area contributed by atoms with E-state index in [4.69, 9.17) is 0 Å². The molecule has 0 spiro atoms. The number of nitrogens with zero attached hydrogens (tertiary/aromatic N) is 1. The van der Waals surface area contributed by atoms with E-state index in [2.05, 4.69) is 31.2 Å². The number of nitrogens with one attached hydrogen (secondary N) is 1. The Kier molecular flexibility index (Phi) is 2.82. The summed E-state index contributed by atoms with van der Waals surface area (Å²) in [4.78, 5) is 12.8. The van der Waals surface area contributed by atoms with Crippen LogP contribution in [0.1, 0.15) is 60.8 Å². The second kappa shape index (κ2) is 3.74. The van der Waals surface area contributed by atoms with E-state index in [-0.39, 0.29) is 22.3 Å². The molecule has 4 nitrogen and oxygen atoms in total. The molecular formula is C15H26N2O2. The number of hydrogen-bond donors (Lipinski definition) is 2. The molecule has 0 aromatic rings. The van der Waals surface area contributed by atoms with Gasteiger partial charge in [-0.25, -0.2) is 0 Å². The smallest absolute Gasteiger partial charge is 0.227 e. The Labute approximate surface area is 115 Å². The highest BCUT2D eigenvalue weighted by Gasteiger charge is 2.71. The molecule has 2 saturated carbocycles. The summed E-state index contributed by atoms with van der Waals surface area (Å²) in [5.41, 5.74) is -0.238. The van der Waals surface area contributed by atoms with Crippen LogP contribution in [0.2, 0.25) is 0 Å². The molecule has 4 heteroatoms. The van der Waals surface area contributed by atoms with Gasteiger partial charge in [-0.05, 0) is 39.0 Å². The Morgan fingerprint density at radius 3 is 2.26 bits per heavy atom. The van der Waals surface area contributed by atoms with E-state index in [1.165, 1.54) is 0 Å². The molecule has 2 rings (SSSR count). The largest absolute Gasteiger partial charge is 0.411 e. The third kappa shape index (κ3) is 1.65. The van der Waals surface area contributed by atoms with Crippen LogP contribution in [0.25, 0.3) is 0 Å². The van der Waals surface area contributed by atoms with Crippen LogP contribution >= 0.6 is 0 Å². The zero-order chi connectivity index (χ0) is 14.7. The van der Waals surface area contributed by atoms with E-state index in [0.717, 1.165) is 18.6 Å². The van der Waals surface area contributed by atoms with Crippen LogP contribution in [0.15, 0.2) is 5.16 Å². The molecule has 2 fully saturated rings. The van der Waals surface area contributed by atoms with Crippen molar-refractivity contribution in [2.75, 3.05) is 0 Å². The third-order valence-corrected chi connectivity index (χ3v) is 5.78. The van der Waals surface area contributed by atoms with Gasteiger partial charge in [0.15, 0.2) is 0 Å². The summed E-state index contributed by atoms with van der Waals surface area (Å²) < 4.78 is 0. The van der Waals surface area contributed by atoms with Crippen LogP contribution in [-0.4, -0.2) is 22.4 Å². The topological polar surface area (TPSA) is 61.7 Å². The average Bonchev–Trinajstić information content (AvgIpc) is 2.55. The van der Waals surface area contributed by atoms with E-state index in [0.29, 0.717) is 6.42 Å². The molecule has 1 amide bonds. The summed E-state index contributed by atoms with van der Waals surface area (Å²) in [7, 11) is 0. The Balaban J connectivity index is 2.43. The molecule has 2 aliphatic rings. The van der Waals surface area contributed by atoms with Gasteiger partial charge in [-0.3, -0.25) is 4.79 Å². The summed E-state index contributed by atoms with van der Waals surface area (Å²) in [6, 6.07) is 0. The molecule has 0 aromatic carbocycles. The first-order valence-electron chi connectivity index (χ1n) is 7.04. The molecule has 2 N–H and O–H groups in total. The van der Waals surface area contributed by atoms with Gasteiger partial charge in [0.2, 0.25) is 5.91 Å². The van der Waals surface area contributed by atoms with Crippen LogP contribution in [0.3, 0.4) is 0 Å². The van der Waals surface area contributed by atoms with E-state index in [9.17, 15) is 10.0 Å². The van der Waals surface area contributed by atoms with Crippen molar-refractivity contribution in [2.24, 2.45) is 21.4 Å². The maximum atomic E-state index is 12.8. The van der Waals surface area contributed by atoms with Gasteiger partial charge in [0, 0.05) is 17.4 Å². The van der Waals surface area contributed by atoms with Gasteiger partial charge in [0.05, 0.1) is 11.1 Å². The normalized spacial score (nSPS) is 38.7. The molecular weight excluding hydrogens is 240 g/mol. The highest BCUT2D eigenvalue weighted by Crippen LogP contribution is 2.70. The molecule has 0 saturated heterocycles. The number of oxime groups is 1. The third-order valence-electron chi connectivity index (χ3n) is 5.78. The first-order chi connectivity index (χ1) is 8.50. The van der Waals surface area contributed by atoms with Crippen molar-refractivity contribution in [3.8, 4) is 0 Å². The molecule has 0 aliphatic heterocycles. The van der Waals surface area contributed by atoms with Crippen LogP contribution in [0.5, 0.6) is 0 Å². The molecule has 2 unspecified atom stereocenters. The summed E-state index contributed by atoms with van der Waals surface area (Å²) in [5.74, 6) is 0.104. The van der Waals surface area contributed by atoms with E-state index in [1.54, 1.807) is 0 Å². The zero-order valence-corrected chi connectivity index (χ0v) is 12.9. The molecule has 2 atom stereocenters. The summed E-state index contributed by atoms with van der Waals surface area (Å²) in [6.07, 6.45) is 2.36. The second-order valence-electron chi connectivity index (χ2n) is 7.97. The summed E-state index contributed by atoms with van der Waals surface area (Å²) >= 11 is 0. The van der Waals surface area contributed by atoms with Gasteiger partial charge in [-0.2, -0.15) is 0 Å². The number of hydrogen-bond acceptors (Lipinski definition) is 3. The van der Waals surface area contributed by atoms with Gasteiger partial charge in [0.25, 0.3) is 0 Å². The number of carbonyl (C=O) groups excluding carboxylic acids is 1. The van der Waals surface area contributed by atoms with Crippen molar-refractivity contribution < 1.29 is 10.0 Å². The van der Waals surface area contributed by atoms with Gasteiger partial charge in [0.1, 0.15) is 0 Å². The zero-order valence-electron chi connectivity index (χ0n) is 12.9. The molecule has 2 aliphatic carbocycles. The standard InChI is InChI=1S/C15H26N2O2/c1-12(2,3)16-11(18)15-8-7-14(6,13(15,4)5)10(9-15)17-19/h19H,7-9H2,1-6H3,(H,16,18). The molecule has 2 bridgehead atoms. The minimum absolute atomic E-state index is 0.104. The maximum absolute atomic E-state index is 12.8. The lowest BCUT2D eigenvalue weighted by Crippen LogP contribution is -2.52. The van der Waals surface area contributed by atoms with Gasteiger partial charge < -0.3 is 10.5 Å². The molecule has 108 valence electrons. The van der Waals surface area contributed by atoms with Crippen LogP contribution in [0.4, 0.5) is 0 Å². The minimum Gasteiger partial charge on any atom is -0.411 e. The Hall–Kier alpha value is -1.06. The number of carbonyl (C=O) groups is 1. The minimum atomic E-state index is -0.434. The van der Waals surface area contributed by atoms with E-state index >= 15 is 0 Å². The monoisotopic (exact) mass is 266 g/mol. The summed E-state index contributed by atoms with van der Waals surface area (Å²) in [6.45, 7) is 12.4. The first-order valence-corrected chi connectivity index (χ1v) is 7.04. The number of rotatable bonds is 1. The van der Waals surface area contributed by atoms with Gasteiger partial charge in [-0.15, -0.1) is 0 Å².